The monoisotopic (exact) mass is 435 g/mol. The van der Waals surface area contributed by atoms with E-state index < -0.39 is 0 Å². The highest BCUT2D eigenvalue weighted by molar-refractivity contribution is 5.77. The summed E-state index contributed by atoms with van der Waals surface area (Å²) in [6.45, 7) is 6.74. The zero-order valence-electron chi connectivity index (χ0n) is 18.9. The van der Waals surface area contributed by atoms with Gasteiger partial charge in [0.2, 0.25) is 0 Å². The van der Waals surface area contributed by atoms with Crippen molar-refractivity contribution in [1.82, 2.24) is 25.2 Å². The van der Waals surface area contributed by atoms with Crippen LogP contribution in [0.2, 0.25) is 0 Å². The fourth-order valence-electron chi connectivity index (χ4n) is 3.68. The van der Waals surface area contributed by atoms with E-state index in [1.54, 1.807) is 4.57 Å². The fourth-order valence-corrected chi connectivity index (χ4v) is 3.68. The summed E-state index contributed by atoms with van der Waals surface area (Å²) in [5, 5.41) is 7.64. The van der Waals surface area contributed by atoms with Crippen molar-refractivity contribution in [3.8, 4) is 5.69 Å². The predicted molar refractivity (Wildman–Crippen MR) is 129 cm³/mol. The average Bonchev–Trinajstić information content (AvgIpc) is 3.55. The molecule has 0 amide bonds. The van der Waals surface area contributed by atoms with Crippen LogP contribution in [0.15, 0.2) is 46.3 Å². The highest BCUT2D eigenvalue weighted by Crippen LogP contribution is 2.28. The van der Waals surface area contributed by atoms with Crippen LogP contribution >= 0.6 is 0 Å². The van der Waals surface area contributed by atoms with Gasteiger partial charge in [-0.3, -0.25) is 9.56 Å². The number of nitrogens with one attached hydrogen (secondary N) is 3. The van der Waals surface area contributed by atoms with Crippen LogP contribution in [0, 0.1) is 5.92 Å². The molecular formula is C24H33N7O. The molecule has 170 valence electrons. The van der Waals surface area contributed by atoms with Gasteiger partial charge in [-0.05, 0) is 68.8 Å². The molecule has 0 aliphatic heterocycles. The van der Waals surface area contributed by atoms with Gasteiger partial charge in [-0.2, -0.15) is 4.98 Å². The van der Waals surface area contributed by atoms with Crippen LogP contribution in [0.4, 0.5) is 0 Å². The number of hydrogen-bond donors (Lipinski definition) is 4. The Balaban J connectivity index is 1.29. The van der Waals surface area contributed by atoms with E-state index in [0.29, 0.717) is 11.6 Å². The molecule has 1 aromatic carbocycles. The molecule has 2 heterocycles. The SMILES string of the molecule is CCc1cc2cn(-c3ccc([C@H](C)NCCCN/C(N)=N\CC4CC4)cc3)c(=O)nc2[nH]1. The number of rotatable bonds is 10. The summed E-state index contributed by atoms with van der Waals surface area (Å²) in [7, 11) is 0. The van der Waals surface area contributed by atoms with Gasteiger partial charge >= 0.3 is 5.69 Å². The number of hydrogen-bond acceptors (Lipinski definition) is 4. The first-order valence-electron chi connectivity index (χ1n) is 11.5. The third-order valence-electron chi connectivity index (χ3n) is 5.94. The molecular weight excluding hydrogens is 402 g/mol. The molecule has 0 spiro atoms. The van der Waals surface area contributed by atoms with Crippen LogP contribution in [-0.2, 0) is 6.42 Å². The Kier molecular flexibility index (Phi) is 6.90. The second-order valence-electron chi connectivity index (χ2n) is 8.56. The summed E-state index contributed by atoms with van der Waals surface area (Å²) < 4.78 is 1.60. The summed E-state index contributed by atoms with van der Waals surface area (Å²) in [6.07, 6.45) is 6.26. The van der Waals surface area contributed by atoms with Crippen LogP contribution in [0.1, 0.15) is 50.4 Å². The fraction of sp³-hybridized carbons (Fsp3) is 0.458. The zero-order chi connectivity index (χ0) is 22.5. The Morgan fingerprint density at radius 2 is 2.09 bits per heavy atom. The second-order valence-corrected chi connectivity index (χ2v) is 8.56. The number of nitrogens with zero attached hydrogens (tertiary/aromatic N) is 3. The number of aryl methyl sites for hydroxylation is 1. The van der Waals surface area contributed by atoms with Crippen molar-refractivity contribution in [1.29, 1.82) is 0 Å². The summed E-state index contributed by atoms with van der Waals surface area (Å²) in [6, 6.07) is 10.3. The van der Waals surface area contributed by atoms with Crippen LogP contribution in [0.3, 0.4) is 0 Å². The van der Waals surface area contributed by atoms with E-state index in [-0.39, 0.29) is 11.7 Å². The Bertz CT molecular complexity index is 1130. The Morgan fingerprint density at radius 1 is 1.31 bits per heavy atom. The first-order chi connectivity index (χ1) is 15.5. The second kappa shape index (κ2) is 9.99. The maximum Gasteiger partial charge on any atom is 0.354 e. The third-order valence-corrected chi connectivity index (χ3v) is 5.94. The van der Waals surface area contributed by atoms with Gasteiger partial charge in [0.15, 0.2) is 5.96 Å². The van der Waals surface area contributed by atoms with Gasteiger partial charge in [0.05, 0.1) is 5.69 Å². The smallest absolute Gasteiger partial charge is 0.354 e. The molecule has 4 rings (SSSR count). The average molecular weight is 436 g/mol. The molecule has 8 heteroatoms. The molecule has 1 saturated carbocycles. The van der Waals surface area contributed by atoms with Gasteiger partial charge in [0.25, 0.3) is 0 Å². The molecule has 2 aromatic heterocycles. The standard InChI is InChI=1S/C24H33N7O/c1-3-20-13-19-15-31(24(32)30-22(19)29-20)21-9-7-18(8-10-21)16(2)26-11-4-12-27-23(25)28-14-17-5-6-17/h7-10,13,15-17,26H,3-6,11-12,14H2,1-2H3,(H3,25,27,28)(H,29,30,32)/t16-/m0/s1. The summed E-state index contributed by atoms with van der Waals surface area (Å²) >= 11 is 0. The Hall–Kier alpha value is -3.13. The largest absolute Gasteiger partial charge is 0.370 e. The molecule has 0 radical (unpaired) electrons. The van der Waals surface area contributed by atoms with Crippen molar-refractivity contribution in [2.24, 2.45) is 16.6 Å². The van der Waals surface area contributed by atoms with Crippen molar-refractivity contribution in [3.05, 3.63) is 58.3 Å². The van der Waals surface area contributed by atoms with Crippen molar-refractivity contribution >= 4 is 17.0 Å². The maximum absolute atomic E-state index is 12.5. The van der Waals surface area contributed by atoms with E-state index in [1.165, 1.54) is 18.4 Å². The van der Waals surface area contributed by atoms with E-state index in [1.807, 2.05) is 24.4 Å². The van der Waals surface area contributed by atoms with Crippen LogP contribution < -0.4 is 22.1 Å². The molecule has 5 N–H and O–H groups in total. The van der Waals surface area contributed by atoms with E-state index in [2.05, 4.69) is 51.6 Å². The summed E-state index contributed by atoms with van der Waals surface area (Å²) in [4.78, 5) is 24.2. The number of aromatic amines is 1. The van der Waals surface area contributed by atoms with Crippen molar-refractivity contribution < 1.29 is 0 Å². The number of fused-ring (bicyclic) bond motifs is 1. The molecule has 1 atom stereocenters. The van der Waals surface area contributed by atoms with Gasteiger partial charge in [-0.1, -0.05) is 19.1 Å². The first-order valence-corrected chi connectivity index (χ1v) is 11.5. The number of nitrogens with two attached hydrogens (primary N) is 1. The van der Waals surface area contributed by atoms with Crippen LogP contribution in [-0.4, -0.2) is 40.1 Å². The van der Waals surface area contributed by atoms with Gasteiger partial charge in [0, 0.05) is 36.4 Å². The quantitative estimate of drug-likeness (QED) is 0.222. The van der Waals surface area contributed by atoms with Crippen molar-refractivity contribution in [2.45, 2.75) is 45.6 Å². The summed E-state index contributed by atoms with van der Waals surface area (Å²) in [5.41, 5.74) is 9.29. The lowest BCUT2D eigenvalue weighted by atomic mass is 10.1. The van der Waals surface area contributed by atoms with Crippen LogP contribution in [0.5, 0.6) is 0 Å². The highest BCUT2D eigenvalue weighted by atomic mass is 16.1. The first kappa shape index (κ1) is 22.1. The van der Waals surface area contributed by atoms with E-state index in [4.69, 9.17) is 5.73 Å². The molecule has 0 bridgehead atoms. The van der Waals surface area contributed by atoms with Gasteiger partial charge < -0.3 is 21.4 Å². The number of aromatic nitrogens is 3. The van der Waals surface area contributed by atoms with Gasteiger partial charge in [-0.25, -0.2) is 4.79 Å². The minimum Gasteiger partial charge on any atom is -0.370 e. The third kappa shape index (κ3) is 5.56. The molecule has 1 aliphatic carbocycles. The molecule has 32 heavy (non-hydrogen) atoms. The molecule has 1 aliphatic rings. The highest BCUT2D eigenvalue weighted by Gasteiger charge is 2.20. The molecule has 0 saturated heterocycles. The lowest BCUT2D eigenvalue weighted by Gasteiger charge is -2.15. The predicted octanol–water partition coefficient (Wildman–Crippen LogP) is 2.63. The lowest BCUT2D eigenvalue weighted by molar-refractivity contribution is 0.555. The molecule has 1 fully saturated rings. The zero-order valence-corrected chi connectivity index (χ0v) is 18.9. The van der Waals surface area contributed by atoms with Gasteiger partial charge in [-0.15, -0.1) is 0 Å². The van der Waals surface area contributed by atoms with Crippen molar-refractivity contribution in [3.63, 3.8) is 0 Å². The van der Waals surface area contributed by atoms with Crippen molar-refractivity contribution in [2.75, 3.05) is 19.6 Å². The van der Waals surface area contributed by atoms with E-state index in [9.17, 15) is 4.79 Å². The van der Waals surface area contributed by atoms with E-state index >= 15 is 0 Å². The minimum absolute atomic E-state index is 0.207. The number of guanidine groups is 1. The molecule has 3 aromatic rings. The Morgan fingerprint density at radius 3 is 2.81 bits per heavy atom. The van der Waals surface area contributed by atoms with Gasteiger partial charge in [0.1, 0.15) is 5.65 Å². The lowest BCUT2D eigenvalue weighted by Crippen LogP contribution is -2.34. The number of aliphatic imine (C=N–C) groups is 1. The number of H-pyrrole nitrogens is 1. The van der Waals surface area contributed by atoms with E-state index in [0.717, 1.165) is 55.2 Å². The minimum atomic E-state index is -0.284. The molecule has 0 unspecified atom stereocenters. The Labute approximate surface area is 188 Å². The normalized spacial score (nSPS) is 15.2. The maximum atomic E-state index is 12.5. The topological polar surface area (TPSA) is 113 Å². The number of benzene rings is 1. The summed E-state index contributed by atoms with van der Waals surface area (Å²) in [5.74, 6) is 1.30. The van der Waals surface area contributed by atoms with Crippen LogP contribution in [0.25, 0.3) is 16.7 Å². The molecule has 8 nitrogen and oxygen atoms in total.